The highest BCUT2D eigenvalue weighted by Gasteiger charge is 2.33. The molecule has 0 aromatic heterocycles. The number of hydrogen-bond donors (Lipinski definition) is 0. The van der Waals surface area contributed by atoms with Crippen molar-refractivity contribution in [2.24, 2.45) is 0 Å². The highest BCUT2D eigenvalue weighted by molar-refractivity contribution is 6.05. The van der Waals surface area contributed by atoms with Gasteiger partial charge in [-0.2, -0.15) is 0 Å². The molecule has 2 aliphatic heterocycles. The first-order valence-corrected chi connectivity index (χ1v) is 12.2. The van der Waals surface area contributed by atoms with Gasteiger partial charge >= 0.3 is 12.1 Å². The fourth-order valence-corrected chi connectivity index (χ4v) is 4.32. The Morgan fingerprint density at radius 1 is 0.861 bits per heavy atom. The molecular weight excluding hydrogens is 460 g/mol. The minimum absolute atomic E-state index is 0.174. The molecule has 0 spiro atoms. The van der Waals surface area contributed by atoms with Gasteiger partial charge in [0.1, 0.15) is 11.4 Å². The number of carbonyl (C=O) groups excluding carboxylic acids is 3. The maximum atomic E-state index is 13.2. The molecule has 2 aromatic carbocycles. The lowest BCUT2D eigenvalue weighted by Gasteiger charge is -2.37. The molecule has 9 nitrogen and oxygen atoms in total. The van der Waals surface area contributed by atoms with Crippen LogP contribution in [-0.2, 0) is 16.1 Å². The maximum absolute atomic E-state index is 13.2. The van der Waals surface area contributed by atoms with Crippen molar-refractivity contribution in [2.45, 2.75) is 39.3 Å². The summed E-state index contributed by atoms with van der Waals surface area (Å²) < 4.78 is 10.7. The van der Waals surface area contributed by atoms with E-state index in [1.54, 1.807) is 16.9 Å². The van der Waals surface area contributed by atoms with Gasteiger partial charge in [0, 0.05) is 50.5 Å². The molecule has 4 amide bonds. The second-order valence-corrected chi connectivity index (χ2v) is 9.98. The van der Waals surface area contributed by atoms with Crippen LogP contribution in [0.4, 0.5) is 21.0 Å². The highest BCUT2D eigenvalue weighted by Crippen LogP contribution is 2.26. The van der Waals surface area contributed by atoms with Crippen molar-refractivity contribution in [1.82, 2.24) is 9.80 Å². The van der Waals surface area contributed by atoms with Crippen LogP contribution in [0.5, 0.6) is 5.75 Å². The Balaban J connectivity index is 1.37. The second-order valence-electron chi connectivity index (χ2n) is 9.98. The number of ether oxygens (including phenoxy) is 2. The molecule has 0 saturated carbocycles. The summed E-state index contributed by atoms with van der Waals surface area (Å²) in [5.41, 5.74) is 2.13. The van der Waals surface area contributed by atoms with Crippen molar-refractivity contribution in [1.29, 1.82) is 0 Å². The SMILES string of the molecule is COc1ccc(CN2C(=O)CCN(c3ccc(N4CCN(C(=O)OC(C)(C)C)CC4)cc3)C2=O)cc1. The number of anilines is 2. The van der Waals surface area contributed by atoms with Gasteiger partial charge in [0.25, 0.3) is 0 Å². The van der Waals surface area contributed by atoms with Crippen molar-refractivity contribution in [3.63, 3.8) is 0 Å². The van der Waals surface area contributed by atoms with Gasteiger partial charge < -0.3 is 19.3 Å². The molecule has 2 saturated heterocycles. The van der Waals surface area contributed by atoms with Crippen LogP contribution in [0.1, 0.15) is 32.8 Å². The average Bonchev–Trinajstić information content (AvgIpc) is 2.86. The zero-order valence-corrected chi connectivity index (χ0v) is 21.4. The lowest BCUT2D eigenvalue weighted by molar-refractivity contribution is -0.129. The van der Waals surface area contributed by atoms with Gasteiger partial charge in [-0.05, 0) is 62.7 Å². The molecule has 0 N–H and O–H groups in total. The Morgan fingerprint density at radius 3 is 2.06 bits per heavy atom. The molecule has 0 bridgehead atoms. The monoisotopic (exact) mass is 494 g/mol. The summed E-state index contributed by atoms with van der Waals surface area (Å²) >= 11 is 0. The zero-order chi connectivity index (χ0) is 25.9. The summed E-state index contributed by atoms with van der Waals surface area (Å²) in [7, 11) is 1.60. The summed E-state index contributed by atoms with van der Waals surface area (Å²) in [6, 6.07) is 14.8. The van der Waals surface area contributed by atoms with Crippen LogP contribution < -0.4 is 14.5 Å². The smallest absolute Gasteiger partial charge is 0.410 e. The molecule has 192 valence electrons. The highest BCUT2D eigenvalue weighted by atomic mass is 16.6. The fraction of sp³-hybridized carbons (Fsp3) is 0.444. The number of nitrogens with zero attached hydrogens (tertiary/aromatic N) is 4. The fourth-order valence-electron chi connectivity index (χ4n) is 4.32. The quantitative estimate of drug-likeness (QED) is 0.622. The van der Waals surface area contributed by atoms with Crippen LogP contribution in [0.15, 0.2) is 48.5 Å². The van der Waals surface area contributed by atoms with E-state index in [-0.39, 0.29) is 31.0 Å². The molecule has 0 atom stereocenters. The number of urea groups is 1. The molecule has 2 aromatic rings. The topological polar surface area (TPSA) is 82.6 Å². The first-order chi connectivity index (χ1) is 17.1. The van der Waals surface area contributed by atoms with Crippen LogP contribution in [0.2, 0.25) is 0 Å². The van der Waals surface area contributed by atoms with E-state index < -0.39 is 5.60 Å². The van der Waals surface area contributed by atoms with Gasteiger partial charge in [0.2, 0.25) is 5.91 Å². The van der Waals surface area contributed by atoms with E-state index in [2.05, 4.69) is 4.90 Å². The molecule has 0 unspecified atom stereocenters. The third-order valence-electron chi connectivity index (χ3n) is 6.27. The van der Waals surface area contributed by atoms with Crippen molar-refractivity contribution in [3.8, 4) is 5.75 Å². The molecule has 9 heteroatoms. The normalized spacial score (nSPS) is 16.9. The second kappa shape index (κ2) is 10.5. The molecule has 0 radical (unpaired) electrons. The number of carbonyl (C=O) groups is 3. The van der Waals surface area contributed by atoms with Gasteiger partial charge in [-0.25, -0.2) is 9.59 Å². The van der Waals surface area contributed by atoms with Crippen molar-refractivity contribution < 1.29 is 23.9 Å². The molecular formula is C27H34N4O5. The standard InChI is InChI=1S/C27H34N4O5/c1-27(2,3)36-26(34)29-17-15-28(16-18-29)21-7-9-22(10-8-21)30-14-13-24(32)31(25(30)33)19-20-5-11-23(35-4)12-6-20/h5-12H,13-19H2,1-4H3. The van der Waals surface area contributed by atoms with Crippen LogP contribution in [0.25, 0.3) is 0 Å². The van der Waals surface area contributed by atoms with Crippen LogP contribution in [0, 0.1) is 0 Å². The molecule has 2 aliphatic rings. The number of imide groups is 1. The third kappa shape index (κ3) is 5.90. The Kier molecular flexibility index (Phi) is 7.37. The predicted molar refractivity (Wildman–Crippen MR) is 137 cm³/mol. The zero-order valence-electron chi connectivity index (χ0n) is 21.4. The molecule has 36 heavy (non-hydrogen) atoms. The number of hydrogen-bond acceptors (Lipinski definition) is 6. The molecule has 0 aliphatic carbocycles. The number of piperazine rings is 1. The van der Waals surface area contributed by atoms with Gasteiger partial charge in [-0.1, -0.05) is 12.1 Å². The predicted octanol–water partition coefficient (Wildman–Crippen LogP) is 4.11. The van der Waals surface area contributed by atoms with Crippen molar-refractivity contribution in [3.05, 3.63) is 54.1 Å². The minimum atomic E-state index is -0.509. The summed E-state index contributed by atoms with van der Waals surface area (Å²) in [6.07, 6.45) is -0.00847. The number of methoxy groups -OCH3 is 1. The van der Waals surface area contributed by atoms with Gasteiger partial charge in [-0.3, -0.25) is 14.6 Å². The van der Waals surface area contributed by atoms with E-state index in [9.17, 15) is 14.4 Å². The van der Waals surface area contributed by atoms with Crippen LogP contribution in [-0.4, -0.2) is 73.3 Å². The lowest BCUT2D eigenvalue weighted by Crippen LogP contribution is -2.52. The van der Waals surface area contributed by atoms with Crippen molar-refractivity contribution >= 4 is 29.4 Å². The molecule has 2 heterocycles. The van der Waals surface area contributed by atoms with Crippen LogP contribution >= 0.6 is 0 Å². The van der Waals surface area contributed by atoms with E-state index >= 15 is 0 Å². The minimum Gasteiger partial charge on any atom is -0.497 e. The molecule has 2 fully saturated rings. The van der Waals surface area contributed by atoms with Crippen molar-refractivity contribution in [2.75, 3.05) is 49.6 Å². The Bertz CT molecular complexity index is 1090. The first kappa shape index (κ1) is 25.3. The summed E-state index contributed by atoms with van der Waals surface area (Å²) in [5.74, 6) is 0.551. The third-order valence-corrected chi connectivity index (χ3v) is 6.27. The average molecular weight is 495 g/mol. The maximum Gasteiger partial charge on any atom is 0.410 e. The molecule has 4 rings (SSSR count). The van der Waals surface area contributed by atoms with E-state index in [1.165, 1.54) is 4.90 Å². The lowest BCUT2D eigenvalue weighted by atomic mass is 10.1. The van der Waals surface area contributed by atoms with Crippen LogP contribution in [0.3, 0.4) is 0 Å². The number of rotatable bonds is 5. The Morgan fingerprint density at radius 2 is 1.47 bits per heavy atom. The van der Waals surface area contributed by atoms with E-state index in [4.69, 9.17) is 9.47 Å². The first-order valence-electron chi connectivity index (χ1n) is 12.2. The summed E-state index contributed by atoms with van der Waals surface area (Å²) in [5, 5.41) is 0. The van der Waals surface area contributed by atoms with Gasteiger partial charge in [0.15, 0.2) is 0 Å². The van der Waals surface area contributed by atoms with E-state index in [0.29, 0.717) is 32.7 Å². The van der Waals surface area contributed by atoms with Gasteiger partial charge in [0.05, 0.1) is 13.7 Å². The number of benzene rings is 2. The number of amides is 4. The van der Waals surface area contributed by atoms with E-state index in [0.717, 1.165) is 22.7 Å². The largest absolute Gasteiger partial charge is 0.497 e. The van der Waals surface area contributed by atoms with E-state index in [1.807, 2.05) is 69.3 Å². The summed E-state index contributed by atoms with van der Waals surface area (Å²) in [4.78, 5) is 44.9. The summed E-state index contributed by atoms with van der Waals surface area (Å²) in [6.45, 7) is 8.74. The van der Waals surface area contributed by atoms with Gasteiger partial charge in [-0.15, -0.1) is 0 Å². The Labute approximate surface area is 212 Å². The Hall–Kier alpha value is -3.75.